The summed E-state index contributed by atoms with van der Waals surface area (Å²) in [7, 11) is 1.77. The zero-order valence-corrected chi connectivity index (χ0v) is 13.5. The van der Waals surface area contributed by atoms with Gasteiger partial charge in [0.1, 0.15) is 4.99 Å². The maximum Gasteiger partial charge on any atom is 0.106 e. The highest BCUT2D eigenvalue weighted by Crippen LogP contribution is 2.28. The zero-order valence-electron chi connectivity index (χ0n) is 11.1. The second kappa shape index (κ2) is 6.68. The van der Waals surface area contributed by atoms with Crippen molar-refractivity contribution in [2.24, 2.45) is 11.7 Å². The molecule has 0 saturated carbocycles. The van der Waals surface area contributed by atoms with E-state index in [0.717, 1.165) is 48.3 Å². The number of methoxy groups -OCH3 is 1. The molecule has 1 fully saturated rings. The molecule has 104 valence electrons. The van der Waals surface area contributed by atoms with Crippen molar-refractivity contribution in [3.63, 3.8) is 0 Å². The number of thiocarbonyl (C=S) groups is 1. The van der Waals surface area contributed by atoms with Crippen LogP contribution in [0.1, 0.15) is 18.4 Å². The molecule has 1 aromatic carbocycles. The van der Waals surface area contributed by atoms with Crippen molar-refractivity contribution >= 4 is 38.8 Å². The lowest BCUT2D eigenvalue weighted by atomic mass is 9.97. The van der Waals surface area contributed by atoms with Crippen LogP contribution in [0.2, 0.25) is 0 Å². The summed E-state index contributed by atoms with van der Waals surface area (Å²) in [5, 5.41) is 0. The van der Waals surface area contributed by atoms with Gasteiger partial charge in [-0.25, -0.2) is 0 Å². The van der Waals surface area contributed by atoms with Gasteiger partial charge in [0.25, 0.3) is 0 Å². The Morgan fingerprint density at radius 2 is 2.16 bits per heavy atom. The summed E-state index contributed by atoms with van der Waals surface area (Å²) in [5.41, 5.74) is 7.93. The second-order valence-electron chi connectivity index (χ2n) is 4.91. The van der Waals surface area contributed by atoms with Gasteiger partial charge in [-0.05, 0) is 37.0 Å². The van der Waals surface area contributed by atoms with E-state index in [-0.39, 0.29) is 0 Å². The van der Waals surface area contributed by atoms with Gasteiger partial charge >= 0.3 is 0 Å². The first-order valence-corrected chi connectivity index (χ1v) is 7.65. The Labute approximate surface area is 128 Å². The summed E-state index contributed by atoms with van der Waals surface area (Å²) in [4.78, 5) is 2.82. The quantitative estimate of drug-likeness (QED) is 0.853. The molecule has 3 nitrogen and oxygen atoms in total. The predicted octanol–water partition coefficient (Wildman–Crippen LogP) is 2.95. The molecular formula is C14H19BrN2OS. The van der Waals surface area contributed by atoms with Crippen LogP contribution in [-0.2, 0) is 4.74 Å². The van der Waals surface area contributed by atoms with Crippen molar-refractivity contribution in [3.8, 4) is 0 Å². The molecule has 2 rings (SSSR count). The standard InChI is InChI=1S/C14H19BrN2OS/c1-18-9-10-4-6-17(7-5-10)13-3-2-11(15)8-12(13)14(16)19/h2-3,8,10H,4-7,9H2,1H3,(H2,16,19). The van der Waals surface area contributed by atoms with Crippen LogP contribution in [0.5, 0.6) is 0 Å². The number of nitrogens with two attached hydrogens (primary N) is 1. The number of anilines is 1. The monoisotopic (exact) mass is 342 g/mol. The maximum absolute atomic E-state index is 5.83. The molecule has 0 aromatic heterocycles. The minimum atomic E-state index is 0.454. The Kier molecular flexibility index (Phi) is 5.19. The van der Waals surface area contributed by atoms with Gasteiger partial charge in [-0.1, -0.05) is 28.1 Å². The number of halogens is 1. The van der Waals surface area contributed by atoms with Crippen LogP contribution in [-0.4, -0.2) is 31.8 Å². The molecule has 1 aliphatic rings. The van der Waals surface area contributed by atoms with E-state index in [1.54, 1.807) is 7.11 Å². The van der Waals surface area contributed by atoms with Crippen LogP contribution in [0.25, 0.3) is 0 Å². The molecule has 2 N–H and O–H groups in total. The highest BCUT2D eigenvalue weighted by atomic mass is 79.9. The van der Waals surface area contributed by atoms with Crippen LogP contribution >= 0.6 is 28.1 Å². The summed E-state index contributed by atoms with van der Waals surface area (Å²) in [6, 6.07) is 6.13. The number of benzene rings is 1. The van der Waals surface area contributed by atoms with E-state index in [0.29, 0.717) is 10.9 Å². The number of hydrogen-bond acceptors (Lipinski definition) is 3. The van der Waals surface area contributed by atoms with E-state index in [4.69, 9.17) is 22.7 Å². The number of rotatable bonds is 4. The minimum Gasteiger partial charge on any atom is -0.389 e. The Bertz CT molecular complexity index is 459. The molecule has 1 aliphatic heterocycles. The summed E-state index contributed by atoms with van der Waals surface area (Å²) in [5.74, 6) is 0.671. The third-order valence-electron chi connectivity index (χ3n) is 3.58. The molecule has 1 saturated heterocycles. The van der Waals surface area contributed by atoms with E-state index in [1.807, 2.05) is 12.1 Å². The van der Waals surface area contributed by atoms with Crippen molar-refractivity contribution in [1.29, 1.82) is 0 Å². The van der Waals surface area contributed by atoms with Gasteiger partial charge in [0.2, 0.25) is 0 Å². The van der Waals surface area contributed by atoms with Crippen LogP contribution < -0.4 is 10.6 Å². The Morgan fingerprint density at radius 1 is 1.47 bits per heavy atom. The van der Waals surface area contributed by atoms with Crippen LogP contribution in [0.3, 0.4) is 0 Å². The molecule has 1 aromatic rings. The lowest BCUT2D eigenvalue weighted by Gasteiger charge is -2.34. The van der Waals surface area contributed by atoms with Gasteiger partial charge in [-0.3, -0.25) is 0 Å². The lowest BCUT2D eigenvalue weighted by molar-refractivity contribution is 0.139. The SMILES string of the molecule is COCC1CCN(c2ccc(Br)cc2C(N)=S)CC1. The van der Waals surface area contributed by atoms with Crippen LogP contribution in [0.4, 0.5) is 5.69 Å². The van der Waals surface area contributed by atoms with Crippen molar-refractivity contribution < 1.29 is 4.74 Å². The fraction of sp³-hybridized carbons (Fsp3) is 0.500. The molecule has 0 bridgehead atoms. The van der Waals surface area contributed by atoms with E-state index >= 15 is 0 Å². The average molecular weight is 343 g/mol. The van der Waals surface area contributed by atoms with Gasteiger partial charge < -0.3 is 15.4 Å². The van der Waals surface area contributed by atoms with E-state index in [1.165, 1.54) is 0 Å². The molecule has 0 atom stereocenters. The van der Waals surface area contributed by atoms with Crippen LogP contribution in [0.15, 0.2) is 22.7 Å². The van der Waals surface area contributed by atoms with Crippen molar-refractivity contribution in [1.82, 2.24) is 0 Å². The van der Waals surface area contributed by atoms with E-state index in [9.17, 15) is 0 Å². The third kappa shape index (κ3) is 3.68. The van der Waals surface area contributed by atoms with Crippen molar-refractivity contribution in [2.75, 3.05) is 31.7 Å². The van der Waals surface area contributed by atoms with Crippen molar-refractivity contribution in [3.05, 3.63) is 28.2 Å². The highest BCUT2D eigenvalue weighted by Gasteiger charge is 2.21. The van der Waals surface area contributed by atoms with Gasteiger partial charge in [0.15, 0.2) is 0 Å². The molecule has 0 aliphatic carbocycles. The smallest absolute Gasteiger partial charge is 0.106 e. The zero-order chi connectivity index (χ0) is 13.8. The summed E-state index contributed by atoms with van der Waals surface area (Å²) >= 11 is 8.62. The molecule has 0 spiro atoms. The molecular weight excluding hydrogens is 324 g/mol. The Morgan fingerprint density at radius 3 is 2.74 bits per heavy atom. The lowest BCUT2D eigenvalue weighted by Crippen LogP contribution is -2.36. The molecule has 5 heteroatoms. The third-order valence-corrected chi connectivity index (χ3v) is 4.29. The summed E-state index contributed by atoms with van der Waals surface area (Å²) in [6.45, 7) is 2.92. The van der Waals surface area contributed by atoms with Gasteiger partial charge in [0.05, 0.1) is 0 Å². The first-order chi connectivity index (χ1) is 9.11. The fourth-order valence-corrected chi connectivity index (χ4v) is 3.08. The first-order valence-electron chi connectivity index (χ1n) is 6.45. The normalized spacial score (nSPS) is 16.6. The average Bonchev–Trinajstić information content (AvgIpc) is 2.40. The van der Waals surface area contributed by atoms with E-state index in [2.05, 4.69) is 26.9 Å². The first kappa shape index (κ1) is 14.8. The van der Waals surface area contributed by atoms with Crippen LogP contribution in [0, 0.1) is 5.92 Å². The van der Waals surface area contributed by atoms with Crippen molar-refractivity contribution in [2.45, 2.75) is 12.8 Å². The molecule has 19 heavy (non-hydrogen) atoms. The Hall–Kier alpha value is -0.650. The summed E-state index contributed by atoms with van der Waals surface area (Å²) < 4.78 is 6.24. The molecule has 0 radical (unpaired) electrons. The van der Waals surface area contributed by atoms with Gasteiger partial charge in [0, 0.05) is 42.5 Å². The molecule has 1 heterocycles. The fourth-order valence-electron chi connectivity index (χ4n) is 2.56. The topological polar surface area (TPSA) is 38.5 Å². The molecule has 0 unspecified atom stereocenters. The van der Waals surface area contributed by atoms with Gasteiger partial charge in [-0.15, -0.1) is 0 Å². The molecule has 0 amide bonds. The number of ether oxygens (including phenoxy) is 1. The minimum absolute atomic E-state index is 0.454. The Balaban J connectivity index is 2.13. The maximum atomic E-state index is 5.83. The summed E-state index contributed by atoms with van der Waals surface area (Å²) in [6.07, 6.45) is 2.31. The number of hydrogen-bond donors (Lipinski definition) is 1. The highest BCUT2D eigenvalue weighted by molar-refractivity contribution is 9.10. The second-order valence-corrected chi connectivity index (χ2v) is 6.27. The predicted molar refractivity (Wildman–Crippen MR) is 86.8 cm³/mol. The number of piperidine rings is 1. The van der Waals surface area contributed by atoms with Gasteiger partial charge in [-0.2, -0.15) is 0 Å². The van der Waals surface area contributed by atoms with E-state index < -0.39 is 0 Å². The largest absolute Gasteiger partial charge is 0.389 e. The number of nitrogens with zero attached hydrogens (tertiary/aromatic N) is 1.